The zero-order valence-electron chi connectivity index (χ0n) is 22.8. The van der Waals surface area contributed by atoms with Crippen LogP contribution in [-0.2, 0) is 4.79 Å². The third-order valence-electron chi connectivity index (χ3n) is 6.75. The fourth-order valence-corrected chi connectivity index (χ4v) is 4.76. The zero-order chi connectivity index (χ0) is 24.4. The summed E-state index contributed by atoms with van der Waals surface area (Å²) in [5, 5.41) is 8.62. The molecule has 0 aromatic heterocycles. The molecule has 0 amide bonds. The lowest BCUT2D eigenvalue weighted by molar-refractivity contribution is -0.137. The van der Waals surface area contributed by atoms with Gasteiger partial charge in [-0.25, -0.2) is 0 Å². The van der Waals surface area contributed by atoms with Crippen molar-refractivity contribution in [2.45, 2.75) is 148 Å². The minimum absolute atomic E-state index is 0.329. The van der Waals surface area contributed by atoms with Crippen molar-refractivity contribution < 1.29 is 9.90 Å². The number of rotatable bonds is 26. The Bertz CT molecular complexity index is 433. The molecule has 0 rings (SSSR count). The first-order valence-corrected chi connectivity index (χ1v) is 14.6. The number of hydrogen-bond acceptors (Lipinski definition) is 2. The normalized spacial score (nSPS) is 12.7. The van der Waals surface area contributed by atoms with E-state index in [4.69, 9.17) is 5.11 Å². The van der Waals surface area contributed by atoms with E-state index in [1.807, 2.05) is 0 Å². The van der Waals surface area contributed by atoms with E-state index >= 15 is 0 Å². The molecular weight excluding hydrogens is 406 g/mol. The average molecular weight is 466 g/mol. The van der Waals surface area contributed by atoms with Gasteiger partial charge in [-0.2, -0.15) is 0 Å². The molecular formula is C30H59NO2. The highest BCUT2D eigenvalue weighted by Gasteiger charge is 2.09. The maximum atomic E-state index is 10.5. The van der Waals surface area contributed by atoms with Gasteiger partial charge in [-0.1, -0.05) is 109 Å². The van der Waals surface area contributed by atoms with Gasteiger partial charge in [-0.15, -0.1) is 0 Å². The molecule has 33 heavy (non-hydrogen) atoms. The lowest BCUT2D eigenvalue weighted by Crippen LogP contribution is -2.21. The maximum absolute atomic E-state index is 10.5. The van der Waals surface area contributed by atoms with Crippen molar-refractivity contribution in [1.82, 2.24) is 4.90 Å². The summed E-state index contributed by atoms with van der Waals surface area (Å²) in [5.74, 6) is 0.242. The third kappa shape index (κ3) is 27.3. The number of unbranched alkanes of at least 4 members (excludes halogenated alkanes) is 16. The maximum Gasteiger partial charge on any atom is 0.303 e. The van der Waals surface area contributed by atoms with E-state index in [-0.39, 0.29) is 0 Å². The van der Waals surface area contributed by atoms with E-state index in [2.05, 4.69) is 38.1 Å². The van der Waals surface area contributed by atoms with Crippen molar-refractivity contribution >= 4 is 5.97 Å². The zero-order valence-corrected chi connectivity index (χ0v) is 22.8. The molecule has 1 N–H and O–H groups in total. The van der Waals surface area contributed by atoms with Gasteiger partial charge in [-0.05, 0) is 65.0 Å². The number of carboxylic acids is 1. The monoisotopic (exact) mass is 465 g/mol. The van der Waals surface area contributed by atoms with Crippen LogP contribution < -0.4 is 0 Å². The number of carbonyl (C=O) groups is 1. The fourth-order valence-electron chi connectivity index (χ4n) is 4.76. The lowest BCUT2D eigenvalue weighted by atomic mass is 9.93. The molecule has 0 saturated heterocycles. The van der Waals surface area contributed by atoms with Crippen LogP contribution in [0.2, 0.25) is 0 Å². The van der Waals surface area contributed by atoms with E-state index in [9.17, 15) is 4.79 Å². The first kappa shape index (κ1) is 32.2. The smallest absolute Gasteiger partial charge is 0.303 e. The molecule has 3 nitrogen and oxygen atoms in total. The van der Waals surface area contributed by atoms with Gasteiger partial charge in [0.05, 0.1) is 0 Å². The SMILES string of the molecule is CCCCCCCCC(CCCCCCCC/C=C\CCCCCCCC(=O)O)CN(C)C. The van der Waals surface area contributed by atoms with Gasteiger partial charge in [0.25, 0.3) is 0 Å². The van der Waals surface area contributed by atoms with Crippen LogP contribution in [0.3, 0.4) is 0 Å². The summed E-state index contributed by atoms with van der Waals surface area (Å²) in [5.41, 5.74) is 0. The van der Waals surface area contributed by atoms with Crippen molar-refractivity contribution in [3.8, 4) is 0 Å². The van der Waals surface area contributed by atoms with Crippen LogP contribution in [0.4, 0.5) is 0 Å². The van der Waals surface area contributed by atoms with E-state index < -0.39 is 5.97 Å². The van der Waals surface area contributed by atoms with Crippen molar-refractivity contribution in [3.05, 3.63) is 12.2 Å². The molecule has 0 aliphatic carbocycles. The van der Waals surface area contributed by atoms with Crippen LogP contribution >= 0.6 is 0 Å². The Hall–Kier alpha value is -0.830. The fraction of sp³-hybridized carbons (Fsp3) is 0.900. The first-order chi connectivity index (χ1) is 16.1. The molecule has 0 aromatic rings. The van der Waals surface area contributed by atoms with Crippen LogP contribution in [0.1, 0.15) is 148 Å². The Balaban J connectivity index is 3.49. The van der Waals surface area contributed by atoms with Crippen molar-refractivity contribution in [1.29, 1.82) is 0 Å². The molecule has 0 heterocycles. The van der Waals surface area contributed by atoms with Gasteiger partial charge >= 0.3 is 5.97 Å². The van der Waals surface area contributed by atoms with Crippen molar-refractivity contribution in [2.75, 3.05) is 20.6 Å². The number of nitrogens with zero attached hydrogens (tertiary/aromatic N) is 1. The topological polar surface area (TPSA) is 40.5 Å². The second kappa shape index (κ2) is 25.8. The van der Waals surface area contributed by atoms with Crippen molar-refractivity contribution in [2.24, 2.45) is 5.92 Å². The Kier molecular flexibility index (Phi) is 25.1. The third-order valence-corrected chi connectivity index (χ3v) is 6.75. The average Bonchev–Trinajstić information content (AvgIpc) is 2.77. The van der Waals surface area contributed by atoms with Gasteiger partial charge in [0.1, 0.15) is 0 Å². The highest BCUT2D eigenvalue weighted by Crippen LogP contribution is 2.20. The molecule has 3 heteroatoms. The van der Waals surface area contributed by atoms with Crippen LogP contribution in [0.5, 0.6) is 0 Å². The summed E-state index contributed by atoms with van der Waals surface area (Å²) in [4.78, 5) is 12.8. The van der Waals surface area contributed by atoms with Gasteiger partial charge < -0.3 is 10.0 Å². The summed E-state index contributed by atoms with van der Waals surface area (Å²) < 4.78 is 0. The second-order valence-corrected chi connectivity index (χ2v) is 10.6. The van der Waals surface area contributed by atoms with Crippen molar-refractivity contribution in [3.63, 3.8) is 0 Å². The number of allylic oxidation sites excluding steroid dienone is 2. The van der Waals surface area contributed by atoms with Gasteiger partial charge in [0.2, 0.25) is 0 Å². The molecule has 0 saturated carbocycles. The molecule has 0 aliphatic rings. The molecule has 0 spiro atoms. The Morgan fingerprint density at radius 3 is 1.55 bits per heavy atom. The minimum atomic E-state index is -0.662. The Labute approximate surface area is 207 Å². The number of aliphatic carboxylic acids is 1. The molecule has 0 aromatic carbocycles. The molecule has 1 unspecified atom stereocenters. The van der Waals surface area contributed by atoms with Gasteiger partial charge in [0, 0.05) is 13.0 Å². The second-order valence-electron chi connectivity index (χ2n) is 10.6. The number of hydrogen-bond donors (Lipinski definition) is 1. The summed E-state index contributed by atoms with van der Waals surface area (Å²) in [6, 6.07) is 0. The van der Waals surface area contributed by atoms with E-state index in [0.29, 0.717) is 6.42 Å². The summed E-state index contributed by atoms with van der Waals surface area (Å²) in [6.45, 7) is 3.57. The van der Waals surface area contributed by atoms with E-state index in [0.717, 1.165) is 18.8 Å². The van der Waals surface area contributed by atoms with Crippen LogP contribution in [-0.4, -0.2) is 36.6 Å². The molecule has 0 radical (unpaired) electrons. The van der Waals surface area contributed by atoms with Gasteiger partial charge in [0.15, 0.2) is 0 Å². The molecule has 196 valence electrons. The molecule has 0 aliphatic heterocycles. The number of carboxylic acid groups (broad SMARTS) is 1. The predicted molar refractivity (Wildman–Crippen MR) is 146 cm³/mol. The standard InChI is InChI=1S/C30H59NO2/c1-4-5-6-7-19-22-25-29(28-31(2)3)26-23-20-17-15-13-11-9-8-10-12-14-16-18-21-24-27-30(32)33/h8,10,29H,4-7,9,11-28H2,1-3H3,(H,32,33)/b10-8-. The van der Waals surface area contributed by atoms with Crippen LogP contribution in [0.15, 0.2) is 12.2 Å². The summed E-state index contributed by atoms with van der Waals surface area (Å²) in [6.07, 6.45) is 32.8. The summed E-state index contributed by atoms with van der Waals surface area (Å²) in [7, 11) is 4.46. The summed E-state index contributed by atoms with van der Waals surface area (Å²) >= 11 is 0. The lowest BCUT2D eigenvalue weighted by Gasteiger charge is -2.21. The molecule has 0 bridgehead atoms. The minimum Gasteiger partial charge on any atom is -0.481 e. The van der Waals surface area contributed by atoms with E-state index in [1.165, 1.54) is 129 Å². The quantitative estimate of drug-likeness (QED) is 0.102. The first-order valence-electron chi connectivity index (χ1n) is 14.6. The van der Waals surface area contributed by atoms with E-state index in [1.54, 1.807) is 0 Å². The largest absolute Gasteiger partial charge is 0.481 e. The highest BCUT2D eigenvalue weighted by atomic mass is 16.4. The Morgan fingerprint density at radius 1 is 0.667 bits per heavy atom. The predicted octanol–water partition coefficient (Wildman–Crippen LogP) is 9.41. The van der Waals surface area contributed by atoms with Gasteiger partial charge in [-0.3, -0.25) is 4.79 Å². The highest BCUT2D eigenvalue weighted by molar-refractivity contribution is 5.66. The van der Waals surface area contributed by atoms with Crippen LogP contribution in [0.25, 0.3) is 0 Å². The molecule has 1 atom stereocenters. The molecule has 0 fully saturated rings. The Morgan fingerprint density at radius 2 is 1.09 bits per heavy atom. The van der Waals surface area contributed by atoms with Crippen LogP contribution in [0, 0.1) is 5.92 Å².